The molecule has 2 aromatic carbocycles. The SMILES string of the molecule is O=C(NCCC=Cc1ccc(Cl)c([N+](=O)[O-])c1)OCc1ccccc1. The number of rotatable bonds is 7. The molecule has 2 aromatic rings. The molecule has 2 rings (SSSR count). The van der Waals surface area contributed by atoms with Gasteiger partial charge in [-0.1, -0.05) is 60.2 Å². The van der Waals surface area contributed by atoms with Gasteiger partial charge in [-0.25, -0.2) is 4.79 Å². The summed E-state index contributed by atoms with van der Waals surface area (Å²) in [6.07, 6.45) is 3.63. The van der Waals surface area contributed by atoms with E-state index in [1.165, 1.54) is 12.1 Å². The summed E-state index contributed by atoms with van der Waals surface area (Å²) >= 11 is 5.76. The van der Waals surface area contributed by atoms with Gasteiger partial charge >= 0.3 is 6.09 Å². The molecule has 0 aliphatic rings. The van der Waals surface area contributed by atoms with Crippen LogP contribution in [0.5, 0.6) is 0 Å². The summed E-state index contributed by atoms with van der Waals surface area (Å²) in [5, 5.41) is 13.6. The van der Waals surface area contributed by atoms with Crippen molar-refractivity contribution in [2.45, 2.75) is 13.0 Å². The van der Waals surface area contributed by atoms with Gasteiger partial charge in [0, 0.05) is 12.6 Å². The number of carbonyl (C=O) groups excluding carboxylic acids is 1. The maximum Gasteiger partial charge on any atom is 0.407 e. The van der Waals surface area contributed by atoms with Crippen LogP contribution in [0, 0.1) is 10.1 Å². The number of carbonyl (C=O) groups is 1. The number of nitro groups is 1. The molecule has 0 aliphatic heterocycles. The molecular weight excluding hydrogens is 344 g/mol. The lowest BCUT2D eigenvalue weighted by Gasteiger charge is -2.05. The van der Waals surface area contributed by atoms with E-state index >= 15 is 0 Å². The first-order valence-corrected chi connectivity index (χ1v) is 7.99. The number of nitro benzene ring substituents is 1. The Morgan fingerprint density at radius 3 is 2.72 bits per heavy atom. The lowest BCUT2D eigenvalue weighted by atomic mass is 10.2. The van der Waals surface area contributed by atoms with E-state index in [1.807, 2.05) is 36.4 Å². The van der Waals surface area contributed by atoms with E-state index in [2.05, 4.69) is 5.32 Å². The number of ether oxygens (including phenoxy) is 1. The van der Waals surface area contributed by atoms with Gasteiger partial charge in [0.2, 0.25) is 0 Å². The van der Waals surface area contributed by atoms with E-state index < -0.39 is 11.0 Å². The van der Waals surface area contributed by atoms with Crippen molar-refractivity contribution < 1.29 is 14.5 Å². The van der Waals surface area contributed by atoms with Crippen LogP contribution in [-0.2, 0) is 11.3 Å². The first-order valence-electron chi connectivity index (χ1n) is 7.61. The number of benzene rings is 2. The molecule has 0 radical (unpaired) electrons. The summed E-state index contributed by atoms with van der Waals surface area (Å²) in [5.41, 5.74) is 1.45. The molecule has 6 nitrogen and oxygen atoms in total. The minimum Gasteiger partial charge on any atom is -0.445 e. The second-order valence-electron chi connectivity index (χ2n) is 5.15. The zero-order chi connectivity index (χ0) is 18.1. The Balaban J connectivity index is 1.72. The van der Waals surface area contributed by atoms with Gasteiger partial charge in [0.15, 0.2) is 0 Å². The maximum absolute atomic E-state index is 11.6. The van der Waals surface area contributed by atoms with Crippen LogP contribution < -0.4 is 5.32 Å². The summed E-state index contributed by atoms with van der Waals surface area (Å²) in [7, 11) is 0. The third kappa shape index (κ3) is 6.27. The van der Waals surface area contributed by atoms with Gasteiger partial charge in [0.05, 0.1) is 4.92 Å². The summed E-state index contributed by atoms with van der Waals surface area (Å²) < 4.78 is 5.08. The number of alkyl carbamates (subject to hydrolysis) is 1. The third-order valence-corrected chi connectivity index (χ3v) is 3.59. The Morgan fingerprint density at radius 2 is 2.00 bits per heavy atom. The zero-order valence-corrected chi connectivity index (χ0v) is 14.1. The Morgan fingerprint density at radius 1 is 1.24 bits per heavy atom. The van der Waals surface area contributed by atoms with Crippen LogP contribution in [0.15, 0.2) is 54.6 Å². The van der Waals surface area contributed by atoms with Gasteiger partial charge in [-0.15, -0.1) is 0 Å². The molecule has 0 aliphatic carbocycles. The Kier molecular flexibility index (Phi) is 6.98. The van der Waals surface area contributed by atoms with Crippen LogP contribution in [0.25, 0.3) is 6.08 Å². The van der Waals surface area contributed by atoms with Gasteiger partial charge in [-0.2, -0.15) is 0 Å². The molecule has 130 valence electrons. The number of nitrogens with one attached hydrogen (secondary N) is 1. The third-order valence-electron chi connectivity index (χ3n) is 3.27. The number of hydrogen-bond donors (Lipinski definition) is 1. The monoisotopic (exact) mass is 360 g/mol. The molecule has 0 aromatic heterocycles. The van der Waals surface area contributed by atoms with Gasteiger partial charge in [-0.3, -0.25) is 10.1 Å². The van der Waals surface area contributed by atoms with Crippen LogP contribution in [0.3, 0.4) is 0 Å². The van der Waals surface area contributed by atoms with Crippen molar-refractivity contribution in [3.63, 3.8) is 0 Å². The molecule has 0 atom stereocenters. The highest BCUT2D eigenvalue weighted by Crippen LogP contribution is 2.25. The van der Waals surface area contributed by atoms with E-state index in [0.717, 1.165) is 5.56 Å². The van der Waals surface area contributed by atoms with Crippen molar-refractivity contribution in [1.82, 2.24) is 5.32 Å². The molecule has 0 heterocycles. The fourth-order valence-electron chi connectivity index (χ4n) is 2.02. The normalized spacial score (nSPS) is 10.6. The lowest BCUT2D eigenvalue weighted by molar-refractivity contribution is -0.384. The molecule has 0 fully saturated rings. The zero-order valence-electron chi connectivity index (χ0n) is 13.4. The topological polar surface area (TPSA) is 81.5 Å². The van der Waals surface area contributed by atoms with Crippen molar-refractivity contribution in [2.24, 2.45) is 0 Å². The van der Waals surface area contributed by atoms with E-state index in [-0.39, 0.29) is 17.3 Å². The minimum absolute atomic E-state index is 0.102. The van der Waals surface area contributed by atoms with Crippen molar-refractivity contribution >= 4 is 29.5 Å². The average Bonchev–Trinajstić information content (AvgIpc) is 2.61. The second-order valence-corrected chi connectivity index (χ2v) is 5.55. The number of hydrogen-bond acceptors (Lipinski definition) is 4. The maximum atomic E-state index is 11.6. The number of amides is 1. The van der Waals surface area contributed by atoms with Crippen LogP contribution >= 0.6 is 11.6 Å². The van der Waals surface area contributed by atoms with Gasteiger partial charge in [-0.05, 0) is 23.6 Å². The fraction of sp³-hybridized carbons (Fsp3) is 0.167. The van der Waals surface area contributed by atoms with E-state index in [1.54, 1.807) is 12.1 Å². The molecule has 0 spiro atoms. The minimum atomic E-state index is -0.524. The average molecular weight is 361 g/mol. The Bertz CT molecular complexity index is 763. The molecule has 1 N–H and O–H groups in total. The van der Waals surface area contributed by atoms with Crippen LogP contribution in [0.2, 0.25) is 5.02 Å². The standard InChI is InChI=1S/C18H17ClN2O4/c19-16-10-9-14(12-17(16)21(23)24)6-4-5-11-20-18(22)25-13-15-7-2-1-3-8-15/h1-4,6-10,12H,5,11,13H2,(H,20,22). The summed E-state index contributed by atoms with van der Waals surface area (Å²) in [4.78, 5) is 21.9. The molecule has 1 amide bonds. The van der Waals surface area contributed by atoms with E-state index in [0.29, 0.717) is 18.5 Å². The van der Waals surface area contributed by atoms with Gasteiger partial charge < -0.3 is 10.1 Å². The van der Waals surface area contributed by atoms with Crippen molar-refractivity contribution in [1.29, 1.82) is 0 Å². The summed E-state index contributed by atoms with van der Waals surface area (Å²) in [6, 6.07) is 14.0. The number of halogens is 1. The first kappa shape index (κ1) is 18.5. The Hall–Kier alpha value is -2.86. The van der Waals surface area contributed by atoms with Gasteiger partial charge in [0.25, 0.3) is 5.69 Å². The number of nitrogens with zero attached hydrogens (tertiary/aromatic N) is 1. The van der Waals surface area contributed by atoms with Crippen LogP contribution in [-0.4, -0.2) is 17.6 Å². The first-order chi connectivity index (χ1) is 12.1. The second kappa shape index (κ2) is 9.44. The predicted molar refractivity (Wildman–Crippen MR) is 96.4 cm³/mol. The molecule has 25 heavy (non-hydrogen) atoms. The lowest BCUT2D eigenvalue weighted by Crippen LogP contribution is -2.24. The fourth-order valence-corrected chi connectivity index (χ4v) is 2.21. The molecular formula is C18H17ClN2O4. The highest BCUT2D eigenvalue weighted by atomic mass is 35.5. The quantitative estimate of drug-likeness (QED) is 0.445. The predicted octanol–water partition coefficient (Wildman–Crippen LogP) is 4.58. The van der Waals surface area contributed by atoms with Crippen LogP contribution in [0.1, 0.15) is 17.5 Å². The van der Waals surface area contributed by atoms with Crippen molar-refractivity contribution in [3.8, 4) is 0 Å². The highest BCUT2D eigenvalue weighted by Gasteiger charge is 2.11. The molecule has 0 bridgehead atoms. The molecule has 0 saturated carbocycles. The molecule has 7 heteroatoms. The van der Waals surface area contributed by atoms with E-state index in [9.17, 15) is 14.9 Å². The molecule has 0 saturated heterocycles. The van der Waals surface area contributed by atoms with Crippen LogP contribution in [0.4, 0.5) is 10.5 Å². The Labute approximate surface area is 150 Å². The highest BCUT2D eigenvalue weighted by molar-refractivity contribution is 6.32. The molecule has 0 unspecified atom stereocenters. The summed E-state index contributed by atoms with van der Waals surface area (Å²) in [6.45, 7) is 0.622. The van der Waals surface area contributed by atoms with E-state index in [4.69, 9.17) is 16.3 Å². The summed E-state index contributed by atoms with van der Waals surface area (Å²) in [5.74, 6) is 0. The van der Waals surface area contributed by atoms with Crippen molar-refractivity contribution in [3.05, 3.63) is 80.9 Å². The van der Waals surface area contributed by atoms with Gasteiger partial charge in [0.1, 0.15) is 11.6 Å². The smallest absolute Gasteiger partial charge is 0.407 e. The largest absolute Gasteiger partial charge is 0.445 e. The van der Waals surface area contributed by atoms with Crippen molar-refractivity contribution in [2.75, 3.05) is 6.54 Å².